The highest BCUT2D eigenvalue weighted by Crippen LogP contribution is 2.31. The number of anilines is 1. The van der Waals surface area contributed by atoms with Crippen LogP contribution in [-0.4, -0.2) is 42.6 Å². The minimum absolute atomic E-state index is 0.0315. The monoisotopic (exact) mass is 420 g/mol. The van der Waals surface area contributed by atoms with Crippen molar-refractivity contribution in [2.45, 2.75) is 39.8 Å². The van der Waals surface area contributed by atoms with E-state index in [9.17, 15) is 22.8 Å². The Balaban J connectivity index is 2.00. The highest BCUT2D eigenvalue weighted by Gasteiger charge is 2.33. The topological polar surface area (TPSA) is 58.6 Å². The largest absolute Gasteiger partial charge is 0.482 e. The summed E-state index contributed by atoms with van der Waals surface area (Å²) in [4.78, 5) is 26.6. The molecule has 1 aromatic carbocycles. The Labute approximate surface area is 167 Å². The molecule has 0 aliphatic carbocycles. The summed E-state index contributed by atoms with van der Waals surface area (Å²) in [5.74, 6) is -0.750. The van der Waals surface area contributed by atoms with Gasteiger partial charge in [-0.2, -0.15) is 13.2 Å². The molecule has 0 unspecified atom stereocenters. The number of benzene rings is 1. The highest BCUT2D eigenvalue weighted by atomic mass is 35.5. The van der Waals surface area contributed by atoms with E-state index in [-0.39, 0.29) is 34.2 Å². The van der Waals surface area contributed by atoms with Gasteiger partial charge in [0, 0.05) is 29.4 Å². The van der Waals surface area contributed by atoms with Crippen molar-refractivity contribution in [2.24, 2.45) is 11.3 Å². The molecule has 1 fully saturated rings. The van der Waals surface area contributed by atoms with Crippen molar-refractivity contribution < 1.29 is 27.5 Å². The molecule has 28 heavy (non-hydrogen) atoms. The minimum Gasteiger partial charge on any atom is -0.482 e. The molecule has 0 atom stereocenters. The van der Waals surface area contributed by atoms with E-state index in [4.69, 9.17) is 16.3 Å². The third-order valence-electron chi connectivity index (χ3n) is 4.39. The number of ether oxygens (including phenoxy) is 1. The van der Waals surface area contributed by atoms with E-state index in [0.29, 0.717) is 25.9 Å². The van der Waals surface area contributed by atoms with E-state index in [1.54, 1.807) is 4.90 Å². The Morgan fingerprint density at radius 3 is 2.36 bits per heavy atom. The van der Waals surface area contributed by atoms with Gasteiger partial charge in [0.2, 0.25) is 11.8 Å². The van der Waals surface area contributed by atoms with Gasteiger partial charge >= 0.3 is 6.18 Å². The van der Waals surface area contributed by atoms with Crippen LogP contribution in [0.5, 0.6) is 5.75 Å². The number of likely N-dealkylation sites (tertiary alicyclic amines) is 1. The Hall–Kier alpha value is -1.96. The van der Waals surface area contributed by atoms with Gasteiger partial charge in [0.1, 0.15) is 5.75 Å². The molecule has 1 aromatic rings. The van der Waals surface area contributed by atoms with Crippen LogP contribution in [0, 0.1) is 11.3 Å². The summed E-state index contributed by atoms with van der Waals surface area (Å²) in [5.41, 5.74) is -0.393. The third-order valence-corrected chi connectivity index (χ3v) is 4.62. The number of rotatable bonds is 4. The Morgan fingerprint density at radius 1 is 1.21 bits per heavy atom. The number of halogens is 4. The van der Waals surface area contributed by atoms with E-state index in [1.165, 1.54) is 18.2 Å². The molecule has 2 rings (SSSR count). The van der Waals surface area contributed by atoms with Crippen LogP contribution >= 0.6 is 11.6 Å². The summed E-state index contributed by atoms with van der Waals surface area (Å²) >= 11 is 5.90. The van der Waals surface area contributed by atoms with Crippen LogP contribution in [0.3, 0.4) is 0 Å². The second-order valence-corrected chi connectivity index (χ2v) is 8.29. The maximum atomic E-state index is 12.6. The lowest BCUT2D eigenvalue weighted by Crippen LogP contribution is -2.45. The number of hydrogen-bond donors (Lipinski definition) is 1. The normalized spacial score (nSPS) is 16.0. The van der Waals surface area contributed by atoms with Gasteiger partial charge in [-0.3, -0.25) is 9.59 Å². The van der Waals surface area contributed by atoms with Crippen LogP contribution in [0.15, 0.2) is 18.2 Å². The molecule has 1 N–H and O–H groups in total. The molecule has 0 radical (unpaired) electrons. The summed E-state index contributed by atoms with van der Waals surface area (Å²) in [6.45, 7) is 4.98. The molecule has 0 bridgehead atoms. The number of alkyl halides is 3. The molecule has 1 aliphatic heterocycles. The average molecular weight is 421 g/mol. The van der Waals surface area contributed by atoms with Gasteiger partial charge in [-0.1, -0.05) is 32.4 Å². The lowest BCUT2D eigenvalue weighted by Gasteiger charge is -2.35. The molecule has 5 nitrogen and oxygen atoms in total. The van der Waals surface area contributed by atoms with Crippen LogP contribution in [0.4, 0.5) is 18.9 Å². The standard InChI is InChI=1S/C19H24ClF3N2O3/c1-18(2,3)17(27)25-8-6-12(7-9-25)16(26)24-14-10-13(20)4-5-15(14)28-11-19(21,22)23/h4-5,10,12H,6-9,11H2,1-3H3,(H,24,26). The van der Waals surface area contributed by atoms with Gasteiger partial charge in [-0.05, 0) is 31.0 Å². The first-order chi connectivity index (χ1) is 12.9. The molecule has 2 amide bonds. The number of hydrogen-bond acceptors (Lipinski definition) is 3. The fourth-order valence-corrected chi connectivity index (χ4v) is 3.11. The lowest BCUT2D eigenvalue weighted by atomic mass is 9.90. The molecular formula is C19H24ClF3N2O3. The van der Waals surface area contributed by atoms with Crippen LogP contribution in [0.1, 0.15) is 33.6 Å². The molecule has 9 heteroatoms. The van der Waals surface area contributed by atoms with Crippen molar-refractivity contribution in [1.82, 2.24) is 4.90 Å². The fourth-order valence-electron chi connectivity index (χ4n) is 2.94. The number of piperidine rings is 1. The van der Waals surface area contributed by atoms with Gasteiger partial charge in [0.05, 0.1) is 5.69 Å². The van der Waals surface area contributed by atoms with Crippen molar-refractivity contribution in [3.05, 3.63) is 23.2 Å². The van der Waals surface area contributed by atoms with Gasteiger partial charge < -0.3 is 15.0 Å². The fraction of sp³-hybridized carbons (Fsp3) is 0.579. The molecular weight excluding hydrogens is 397 g/mol. The van der Waals surface area contributed by atoms with E-state index in [2.05, 4.69) is 5.32 Å². The molecule has 0 aromatic heterocycles. The molecule has 1 aliphatic rings. The maximum absolute atomic E-state index is 12.6. The molecule has 1 saturated heterocycles. The number of carbonyl (C=O) groups is 2. The maximum Gasteiger partial charge on any atom is 0.422 e. The van der Waals surface area contributed by atoms with E-state index < -0.39 is 18.2 Å². The summed E-state index contributed by atoms with van der Waals surface area (Å²) in [6.07, 6.45) is -3.53. The predicted molar refractivity (Wildman–Crippen MR) is 100 cm³/mol. The second kappa shape index (κ2) is 8.59. The van der Waals surface area contributed by atoms with Crippen molar-refractivity contribution in [3.8, 4) is 5.75 Å². The van der Waals surface area contributed by atoms with Gasteiger partial charge in [0.25, 0.3) is 0 Å². The zero-order valence-corrected chi connectivity index (χ0v) is 16.8. The number of carbonyl (C=O) groups excluding carboxylic acids is 2. The molecule has 1 heterocycles. The minimum atomic E-state index is -4.49. The van der Waals surface area contributed by atoms with Gasteiger partial charge in [0.15, 0.2) is 6.61 Å². The summed E-state index contributed by atoms with van der Waals surface area (Å²) in [5, 5.41) is 2.88. The molecule has 156 valence electrons. The zero-order valence-electron chi connectivity index (χ0n) is 16.0. The first-order valence-corrected chi connectivity index (χ1v) is 9.34. The average Bonchev–Trinajstić information content (AvgIpc) is 2.59. The quantitative estimate of drug-likeness (QED) is 0.780. The van der Waals surface area contributed by atoms with Crippen molar-refractivity contribution in [2.75, 3.05) is 25.0 Å². The van der Waals surface area contributed by atoms with Crippen LogP contribution < -0.4 is 10.1 Å². The van der Waals surface area contributed by atoms with Crippen LogP contribution in [0.25, 0.3) is 0 Å². The summed E-state index contributed by atoms with van der Waals surface area (Å²) in [6, 6.07) is 4.03. The number of nitrogens with one attached hydrogen (secondary N) is 1. The number of amides is 2. The first-order valence-electron chi connectivity index (χ1n) is 8.96. The van der Waals surface area contributed by atoms with E-state index in [0.717, 1.165) is 0 Å². The Kier molecular flexibility index (Phi) is 6.85. The summed E-state index contributed by atoms with van der Waals surface area (Å²) < 4.78 is 42.0. The first kappa shape index (κ1) is 22.3. The predicted octanol–water partition coefficient (Wildman–Crippen LogP) is 4.50. The van der Waals surface area contributed by atoms with Gasteiger partial charge in [-0.25, -0.2) is 0 Å². The van der Waals surface area contributed by atoms with Crippen LogP contribution in [0.2, 0.25) is 5.02 Å². The third kappa shape index (κ3) is 6.29. The van der Waals surface area contributed by atoms with Crippen molar-refractivity contribution in [1.29, 1.82) is 0 Å². The van der Waals surface area contributed by atoms with Crippen LogP contribution in [-0.2, 0) is 9.59 Å². The number of nitrogens with zero attached hydrogens (tertiary/aromatic N) is 1. The SMILES string of the molecule is CC(C)(C)C(=O)N1CCC(C(=O)Nc2cc(Cl)ccc2OCC(F)(F)F)CC1. The second-order valence-electron chi connectivity index (χ2n) is 7.85. The molecule has 0 saturated carbocycles. The summed E-state index contributed by atoms with van der Waals surface area (Å²) in [7, 11) is 0. The highest BCUT2D eigenvalue weighted by molar-refractivity contribution is 6.31. The van der Waals surface area contributed by atoms with E-state index in [1.807, 2.05) is 20.8 Å². The molecule has 0 spiro atoms. The van der Waals surface area contributed by atoms with Crippen molar-refractivity contribution in [3.63, 3.8) is 0 Å². The Bertz CT molecular complexity index is 724. The van der Waals surface area contributed by atoms with Crippen molar-refractivity contribution >= 4 is 29.1 Å². The van der Waals surface area contributed by atoms with E-state index >= 15 is 0 Å². The zero-order chi connectivity index (χ0) is 21.1. The van der Waals surface area contributed by atoms with Gasteiger partial charge in [-0.15, -0.1) is 0 Å². The Morgan fingerprint density at radius 2 is 1.82 bits per heavy atom. The smallest absolute Gasteiger partial charge is 0.422 e. The lowest BCUT2D eigenvalue weighted by molar-refractivity contribution is -0.153.